The second kappa shape index (κ2) is 7.26. The summed E-state index contributed by atoms with van der Waals surface area (Å²) in [6.07, 6.45) is 3.40. The summed E-state index contributed by atoms with van der Waals surface area (Å²) < 4.78 is 9.56. The Labute approximate surface area is 178 Å². The van der Waals surface area contributed by atoms with Gasteiger partial charge < -0.3 is 9.73 Å². The highest BCUT2D eigenvalue weighted by atomic mass is 79.9. The van der Waals surface area contributed by atoms with Crippen molar-refractivity contribution in [1.29, 1.82) is 0 Å². The van der Waals surface area contributed by atoms with Gasteiger partial charge in [0.2, 0.25) is 11.8 Å². The maximum absolute atomic E-state index is 12.6. The van der Waals surface area contributed by atoms with E-state index in [1.54, 1.807) is 35.2 Å². The Morgan fingerprint density at radius 1 is 1.13 bits per heavy atom. The first-order valence-corrected chi connectivity index (χ1v) is 9.91. The van der Waals surface area contributed by atoms with Crippen molar-refractivity contribution in [2.24, 2.45) is 0 Å². The second-order valence-electron chi connectivity index (χ2n) is 6.39. The van der Waals surface area contributed by atoms with Gasteiger partial charge in [0.25, 0.3) is 0 Å². The number of hydrogen-bond acceptors (Lipinski definition) is 6. The quantitative estimate of drug-likeness (QED) is 0.410. The normalized spacial score (nSPS) is 11.3. The van der Waals surface area contributed by atoms with Gasteiger partial charge >= 0.3 is 6.03 Å². The highest BCUT2D eigenvalue weighted by Gasteiger charge is 2.19. The van der Waals surface area contributed by atoms with Crippen molar-refractivity contribution in [3.63, 3.8) is 0 Å². The lowest BCUT2D eigenvalue weighted by Crippen LogP contribution is -2.22. The monoisotopic (exact) mass is 466 g/mol. The van der Waals surface area contributed by atoms with Crippen molar-refractivity contribution >= 4 is 50.3 Å². The van der Waals surface area contributed by atoms with Crippen molar-refractivity contribution < 1.29 is 9.21 Å². The molecule has 10 nitrogen and oxygen atoms in total. The molecule has 0 atom stereocenters. The Balaban J connectivity index is 1.56. The number of amides is 2. The number of aryl methyl sites for hydroxylation is 1. The molecule has 0 fully saturated rings. The number of urea groups is 1. The van der Waals surface area contributed by atoms with E-state index in [9.17, 15) is 4.79 Å². The molecule has 4 aromatic heterocycles. The summed E-state index contributed by atoms with van der Waals surface area (Å²) in [6.45, 7) is 2.65. The molecule has 4 heterocycles. The van der Waals surface area contributed by atoms with Crippen LogP contribution in [0.2, 0.25) is 0 Å². The van der Waals surface area contributed by atoms with Crippen LogP contribution in [-0.4, -0.2) is 35.4 Å². The molecule has 0 bridgehead atoms. The lowest BCUT2D eigenvalue weighted by Gasteiger charge is -2.08. The molecule has 0 aliphatic rings. The molecule has 0 unspecified atom stereocenters. The van der Waals surface area contributed by atoms with Gasteiger partial charge in [0, 0.05) is 22.9 Å². The standard InChI is InChI=1S/C19H15BrN8O2/c1-2-27-10-13-15(25-27)23-18(24-19(29)21-12-7-5-11(20)6-8-12)28-17(13)22-16(26-28)14-4-3-9-30-14/h3-10H,2H2,1H3,(H2,21,23,24,25,29). The summed E-state index contributed by atoms with van der Waals surface area (Å²) in [7, 11) is 0. The number of furan rings is 1. The van der Waals surface area contributed by atoms with Crippen LogP contribution in [0.5, 0.6) is 0 Å². The number of halogens is 1. The van der Waals surface area contributed by atoms with Gasteiger partial charge in [0.05, 0.1) is 11.6 Å². The summed E-state index contributed by atoms with van der Waals surface area (Å²) >= 11 is 3.37. The van der Waals surface area contributed by atoms with E-state index >= 15 is 0 Å². The van der Waals surface area contributed by atoms with Crippen LogP contribution in [0.4, 0.5) is 16.4 Å². The molecular weight excluding hydrogens is 452 g/mol. The Morgan fingerprint density at radius 3 is 2.70 bits per heavy atom. The van der Waals surface area contributed by atoms with Crippen molar-refractivity contribution in [2.75, 3.05) is 10.6 Å². The molecule has 11 heteroatoms. The summed E-state index contributed by atoms with van der Waals surface area (Å²) in [5.74, 6) is 1.09. The molecule has 0 radical (unpaired) electrons. The van der Waals surface area contributed by atoms with Crippen LogP contribution in [0.15, 0.2) is 57.7 Å². The predicted octanol–water partition coefficient (Wildman–Crippen LogP) is 4.16. The summed E-state index contributed by atoms with van der Waals surface area (Å²) in [4.78, 5) is 21.6. The minimum absolute atomic E-state index is 0.193. The molecule has 0 spiro atoms. The summed E-state index contributed by atoms with van der Waals surface area (Å²) in [6, 6.07) is 10.3. The Kier molecular flexibility index (Phi) is 4.43. The van der Waals surface area contributed by atoms with Crippen LogP contribution in [0.25, 0.3) is 28.3 Å². The van der Waals surface area contributed by atoms with Crippen LogP contribution in [0.1, 0.15) is 6.92 Å². The van der Waals surface area contributed by atoms with E-state index in [0.717, 1.165) is 9.86 Å². The van der Waals surface area contributed by atoms with Crippen molar-refractivity contribution in [3.05, 3.63) is 53.3 Å². The number of aromatic nitrogens is 6. The number of fused-ring (bicyclic) bond motifs is 3. The minimum atomic E-state index is -0.463. The molecule has 1 aromatic carbocycles. The molecule has 2 amide bonds. The van der Waals surface area contributed by atoms with Crippen LogP contribution in [-0.2, 0) is 6.54 Å². The SMILES string of the molecule is CCn1cc2c(nc(NC(=O)Nc3ccc(Br)cc3)n3nc(-c4ccco4)nc23)n1. The number of benzene rings is 1. The number of carbonyl (C=O) groups is 1. The van der Waals surface area contributed by atoms with Crippen molar-refractivity contribution in [3.8, 4) is 11.6 Å². The fourth-order valence-corrected chi connectivity index (χ4v) is 3.25. The van der Waals surface area contributed by atoms with Gasteiger partial charge in [-0.2, -0.15) is 14.6 Å². The van der Waals surface area contributed by atoms with E-state index in [-0.39, 0.29) is 5.95 Å². The Bertz CT molecular complexity index is 1360. The first kappa shape index (κ1) is 18.3. The second-order valence-corrected chi connectivity index (χ2v) is 7.31. The van der Waals surface area contributed by atoms with Crippen LogP contribution in [0.3, 0.4) is 0 Å². The average Bonchev–Trinajstić information content (AvgIpc) is 3.47. The first-order valence-electron chi connectivity index (χ1n) is 9.12. The maximum Gasteiger partial charge on any atom is 0.326 e. The molecular formula is C19H15BrN8O2. The molecule has 0 saturated heterocycles. The smallest absolute Gasteiger partial charge is 0.326 e. The van der Waals surface area contributed by atoms with Gasteiger partial charge in [0.1, 0.15) is 0 Å². The minimum Gasteiger partial charge on any atom is -0.461 e. The third-order valence-electron chi connectivity index (χ3n) is 4.40. The molecule has 2 N–H and O–H groups in total. The van der Waals surface area contributed by atoms with Crippen LogP contribution in [0, 0.1) is 0 Å². The molecule has 0 aliphatic carbocycles. The van der Waals surface area contributed by atoms with Gasteiger partial charge in [-0.15, -0.1) is 5.10 Å². The van der Waals surface area contributed by atoms with Gasteiger partial charge in [0.15, 0.2) is 17.1 Å². The van der Waals surface area contributed by atoms with E-state index in [1.165, 1.54) is 4.52 Å². The topological polar surface area (TPSA) is 115 Å². The maximum atomic E-state index is 12.6. The van der Waals surface area contributed by atoms with Gasteiger partial charge in [-0.05, 0) is 43.3 Å². The van der Waals surface area contributed by atoms with Crippen molar-refractivity contribution in [1.82, 2.24) is 29.4 Å². The number of anilines is 2. The van der Waals surface area contributed by atoms with Gasteiger partial charge in [-0.1, -0.05) is 15.9 Å². The predicted molar refractivity (Wildman–Crippen MR) is 114 cm³/mol. The number of nitrogens with one attached hydrogen (secondary N) is 2. The first-order chi connectivity index (χ1) is 14.6. The highest BCUT2D eigenvalue weighted by molar-refractivity contribution is 9.10. The zero-order valence-electron chi connectivity index (χ0n) is 15.7. The molecule has 5 rings (SSSR count). The zero-order valence-corrected chi connectivity index (χ0v) is 17.3. The number of carbonyl (C=O) groups excluding carboxylic acids is 1. The third kappa shape index (κ3) is 3.28. The molecule has 0 aliphatic heterocycles. The lowest BCUT2D eigenvalue weighted by atomic mass is 10.3. The third-order valence-corrected chi connectivity index (χ3v) is 4.92. The van der Waals surface area contributed by atoms with Gasteiger partial charge in [-0.3, -0.25) is 10.00 Å². The Hall–Kier alpha value is -3.73. The number of hydrogen-bond donors (Lipinski definition) is 2. The molecule has 30 heavy (non-hydrogen) atoms. The molecule has 150 valence electrons. The highest BCUT2D eigenvalue weighted by Crippen LogP contribution is 2.24. The van der Waals surface area contributed by atoms with E-state index in [0.29, 0.717) is 35.1 Å². The van der Waals surface area contributed by atoms with E-state index in [4.69, 9.17) is 4.42 Å². The van der Waals surface area contributed by atoms with Gasteiger partial charge in [-0.25, -0.2) is 9.78 Å². The Morgan fingerprint density at radius 2 is 1.97 bits per heavy atom. The van der Waals surface area contributed by atoms with Crippen LogP contribution < -0.4 is 10.6 Å². The van der Waals surface area contributed by atoms with Crippen LogP contribution >= 0.6 is 15.9 Å². The number of nitrogens with zero attached hydrogens (tertiary/aromatic N) is 6. The summed E-state index contributed by atoms with van der Waals surface area (Å²) in [5, 5.41) is 15.1. The van der Waals surface area contributed by atoms with E-state index in [1.807, 2.05) is 25.3 Å². The number of rotatable bonds is 4. The fraction of sp³-hybridized carbons (Fsp3) is 0.105. The average molecular weight is 467 g/mol. The lowest BCUT2D eigenvalue weighted by molar-refractivity contribution is 0.262. The summed E-state index contributed by atoms with van der Waals surface area (Å²) in [5.41, 5.74) is 1.62. The molecule has 5 aromatic rings. The van der Waals surface area contributed by atoms with E-state index < -0.39 is 6.03 Å². The van der Waals surface area contributed by atoms with E-state index in [2.05, 4.69) is 46.7 Å². The van der Waals surface area contributed by atoms with Crippen molar-refractivity contribution in [2.45, 2.75) is 13.5 Å². The molecule has 0 saturated carbocycles. The largest absolute Gasteiger partial charge is 0.461 e. The zero-order chi connectivity index (χ0) is 20.7. The fourth-order valence-electron chi connectivity index (χ4n) is 2.98.